The number of aromatic nitrogens is 1. The summed E-state index contributed by atoms with van der Waals surface area (Å²) in [6.07, 6.45) is 2.04. The van der Waals surface area contributed by atoms with Crippen molar-refractivity contribution in [3.05, 3.63) is 109 Å². The molecule has 6 rings (SSSR count). The number of fused-ring (bicyclic) bond motifs is 1. The molecule has 5 aromatic rings. The van der Waals surface area contributed by atoms with Crippen molar-refractivity contribution in [3.8, 4) is 5.69 Å². The molecule has 0 saturated carbocycles. The van der Waals surface area contributed by atoms with Gasteiger partial charge in [0.15, 0.2) is 0 Å². The molecule has 0 bridgehead atoms. The van der Waals surface area contributed by atoms with Gasteiger partial charge in [-0.2, -0.15) is 0 Å². The van der Waals surface area contributed by atoms with Gasteiger partial charge in [0.1, 0.15) is 0 Å². The topological polar surface area (TPSA) is 61.8 Å². The number of hydrogen-bond donors (Lipinski definition) is 2. The zero-order chi connectivity index (χ0) is 27.5. The second-order valence-corrected chi connectivity index (χ2v) is 10.2. The molecular formula is C33H33N5O2. The van der Waals surface area contributed by atoms with Crippen molar-refractivity contribution in [2.24, 2.45) is 0 Å². The molecule has 202 valence electrons. The minimum atomic E-state index is -0.122. The third-order valence-electron chi connectivity index (χ3n) is 7.27. The van der Waals surface area contributed by atoms with Crippen LogP contribution >= 0.6 is 0 Å². The van der Waals surface area contributed by atoms with Crippen LogP contribution in [0.3, 0.4) is 0 Å². The van der Waals surface area contributed by atoms with E-state index in [4.69, 9.17) is 4.74 Å². The van der Waals surface area contributed by atoms with E-state index in [1.807, 2.05) is 68.8 Å². The Morgan fingerprint density at radius 1 is 0.750 bits per heavy atom. The maximum atomic E-state index is 13.0. The van der Waals surface area contributed by atoms with Crippen molar-refractivity contribution in [2.75, 3.05) is 60.8 Å². The predicted octanol–water partition coefficient (Wildman–Crippen LogP) is 6.53. The number of hydrogen-bond acceptors (Lipinski definition) is 5. The number of amides is 1. The number of benzene rings is 4. The van der Waals surface area contributed by atoms with Gasteiger partial charge in [0.25, 0.3) is 5.91 Å². The number of carbonyl (C=O) groups excluding carboxylic acids is 1. The van der Waals surface area contributed by atoms with Crippen LogP contribution in [0.4, 0.5) is 28.4 Å². The highest BCUT2D eigenvalue weighted by atomic mass is 16.5. The van der Waals surface area contributed by atoms with Crippen molar-refractivity contribution >= 4 is 45.2 Å². The Balaban J connectivity index is 1.12. The molecule has 7 heteroatoms. The molecule has 2 heterocycles. The van der Waals surface area contributed by atoms with Crippen molar-refractivity contribution in [3.63, 3.8) is 0 Å². The molecule has 4 aromatic carbocycles. The second-order valence-electron chi connectivity index (χ2n) is 10.2. The molecule has 0 radical (unpaired) electrons. The van der Waals surface area contributed by atoms with Gasteiger partial charge >= 0.3 is 0 Å². The van der Waals surface area contributed by atoms with Gasteiger partial charge in [-0.25, -0.2) is 0 Å². The van der Waals surface area contributed by atoms with Crippen LogP contribution < -0.4 is 20.4 Å². The van der Waals surface area contributed by atoms with Crippen molar-refractivity contribution in [1.82, 2.24) is 4.57 Å². The number of ether oxygens (including phenoxy) is 1. The molecule has 1 aliphatic rings. The minimum absolute atomic E-state index is 0.122. The molecule has 0 unspecified atom stereocenters. The van der Waals surface area contributed by atoms with Crippen molar-refractivity contribution in [1.29, 1.82) is 0 Å². The summed E-state index contributed by atoms with van der Waals surface area (Å²) in [6.45, 7) is 3.27. The monoisotopic (exact) mass is 531 g/mol. The lowest BCUT2D eigenvalue weighted by atomic mass is 10.1. The standard InChI is InChI=1S/C33H33N5O2/c1-36(2)29-10-4-26(5-11-29)34-27-8-14-31(15-9-27)38-18-17-24-23-25(3-16-32(24)38)33(39)35-28-6-12-30(13-7-28)37-19-21-40-22-20-37/h3-18,23,34H,19-22H2,1-2H3,(H,35,39). The van der Waals surface area contributed by atoms with E-state index >= 15 is 0 Å². The van der Waals surface area contributed by atoms with Crippen LogP contribution in [0.1, 0.15) is 10.4 Å². The van der Waals surface area contributed by atoms with Crippen LogP contribution in [-0.2, 0) is 4.74 Å². The zero-order valence-electron chi connectivity index (χ0n) is 22.8. The van der Waals surface area contributed by atoms with Gasteiger partial charge in [-0.1, -0.05) is 0 Å². The molecule has 1 aromatic heterocycles. The average molecular weight is 532 g/mol. The Kier molecular flexibility index (Phi) is 7.12. The van der Waals surface area contributed by atoms with Crippen LogP contribution in [0.5, 0.6) is 0 Å². The first kappa shape index (κ1) is 25.5. The van der Waals surface area contributed by atoms with Gasteiger partial charge in [0, 0.05) is 78.5 Å². The molecule has 1 fully saturated rings. The summed E-state index contributed by atoms with van der Waals surface area (Å²) in [6, 6.07) is 32.6. The lowest BCUT2D eigenvalue weighted by Gasteiger charge is -2.28. The number of nitrogens with zero attached hydrogens (tertiary/aromatic N) is 3. The first-order chi connectivity index (χ1) is 19.5. The number of anilines is 5. The Morgan fingerprint density at radius 3 is 2.05 bits per heavy atom. The number of nitrogens with one attached hydrogen (secondary N) is 2. The summed E-state index contributed by atoms with van der Waals surface area (Å²) in [5.41, 5.74) is 7.89. The van der Waals surface area contributed by atoms with Crippen molar-refractivity contribution in [2.45, 2.75) is 0 Å². The van der Waals surface area contributed by atoms with E-state index in [1.165, 1.54) is 5.69 Å². The number of carbonyl (C=O) groups is 1. The number of rotatable bonds is 7. The Bertz CT molecular complexity index is 1600. The molecule has 40 heavy (non-hydrogen) atoms. The van der Waals surface area contributed by atoms with E-state index in [9.17, 15) is 4.79 Å². The van der Waals surface area contributed by atoms with E-state index in [2.05, 4.69) is 73.5 Å². The van der Waals surface area contributed by atoms with Gasteiger partial charge in [0.05, 0.1) is 18.7 Å². The third-order valence-corrected chi connectivity index (χ3v) is 7.27. The Labute approximate surface area is 234 Å². The van der Waals surface area contributed by atoms with Crippen LogP contribution in [-0.4, -0.2) is 50.9 Å². The first-order valence-corrected chi connectivity index (χ1v) is 13.5. The summed E-state index contributed by atoms with van der Waals surface area (Å²) in [5.74, 6) is -0.122. The first-order valence-electron chi connectivity index (χ1n) is 13.5. The maximum absolute atomic E-state index is 13.0. The zero-order valence-corrected chi connectivity index (χ0v) is 22.8. The molecule has 0 spiro atoms. The predicted molar refractivity (Wildman–Crippen MR) is 165 cm³/mol. The fourth-order valence-electron chi connectivity index (χ4n) is 5.00. The Morgan fingerprint density at radius 2 is 1.38 bits per heavy atom. The van der Waals surface area contributed by atoms with E-state index in [1.54, 1.807) is 0 Å². The van der Waals surface area contributed by atoms with Crippen LogP contribution in [0.25, 0.3) is 16.6 Å². The maximum Gasteiger partial charge on any atom is 0.255 e. The SMILES string of the molecule is CN(C)c1ccc(Nc2ccc(-n3ccc4cc(C(=O)Nc5ccc(N6CCOCC6)cc5)ccc43)cc2)cc1. The molecular weight excluding hydrogens is 498 g/mol. The lowest BCUT2D eigenvalue weighted by Crippen LogP contribution is -2.36. The average Bonchev–Trinajstić information content (AvgIpc) is 3.42. The highest BCUT2D eigenvalue weighted by Crippen LogP contribution is 2.26. The van der Waals surface area contributed by atoms with Gasteiger partial charge in [-0.15, -0.1) is 0 Å². The fourth-order valence-corrected chi connectivity index (χ4v) is 5.00. The minimum Gasteiger partial charge on any atom is -0.378 e. The quantitative estimate of drug-likeness (QED) is 0.250. The van der Waals surface area contributed by atoms with Crippen LogP contribution in [0, 0.1) is 0 Å². The molecule has 7 nitrogen and oxygen atoms in total. The fraction of sp³-hybridized carbons (Fsp3) is 0.182. The normalized spacial score (nSPS) is 13.3. The van der Waals surface area contributed by atoms with E-state index in [0.29, 0.717) is 5.56 Å². The summed E-state index contributed by atoms with van der Waals surface area (Å²) < 4.78 is 7.57. The summed E-state index contributed by atoms with van der Waals surface area (Å²) in [5, 5.41) is 7.50. The summed E-state index contributed by atoms with van der Waals surface area (Å²) in [4.78, 5) is 17.4. The van der Waals surface area contributed by atoms with E-state index < -0.39 is 0 Å². The molecule has 0 aliphatic carbocycles. The molecule has 1 amide bonds. The number of morpholine rings is 1. The van der Waals surface area contributed by atoms with Gasteiger partial charge in [-0.3, -0.25) is 4.79 Å². The molecule has 1 aliphatic heterocycles. The van der Waals surface area contributed by atoms with E-state index in [0.717, 1.165) is 65.6 Å². The summed E-state index contributed by atoms with van der Waals surface area (Å²) in [7, 11) is 4.07. The van der Waals surface area contributed by atoms with Crippen LogP contribution in [0.2, 0.25) is 0 Å². The van der Waals surface area contributed by atoms with Crippen LogP contribution in [0.15, 0.2) is 103 Å². The van der Waals surface area contributed by atoms with Crippen molar-refractivity contribution < 1.29 is 9.53 Å². The molecule has 2 N–H and O–H groups in total. The second kappa shape index (κ2) is 11.2. The lowest BCUT2D eigenvalue weighted by molar-refractivity contribution is 0.102. The van der Waals surface area contributed by atoms with Gasteiger partial charge in [-0.05, 0) is 97.1 Å². The Hall–Kier alpha value is -4.75. The van der Waals surface area contributed by atoms with E-state index in [-0.39, 0.29) is 5.91 Å². The molecule has 0 atom stereocenters. The highest BCUT2D eigenvalue weighted by Gasteiger charge is 2.13. The highest BCUT2D eigenvalue weighted by molar-refractivity contribution is 6.06. The third kappa shape index (κ3) is 5.51. The largest absolute Gasteiger partial charge is 0.378 e. The van der Waals surface area contributed by atoms with Gasteiger partial charge < -0.3 is 29.7 Å². The molecule has 1 saturated heterocycles. The van der Waals surface area contributed by atoms with Gasteiger partial charge in [0.2, 0.25) is 0 Å². The summed E-state index contributed by atoms with van der Waals surface area (Å²) >= 11 is 0. The smallest absolute Gasteiger partial charge is 0.255 e.